The molecule has 0 saturated carbocycles. The quantitative estimate of drug-likeness (QED) is 0.826. The Kier molecular flexibility index (Phi) is 4.26. The summed E-state index contributed by atoms with van der Waals surface area (Å²) >= 11 is 4.91. The van der Waals surface area contributed by atoms with Gasteiger partial charge in [-0.2, -0.15) is 0 Å². The van der Waals surface area contributed by atoms with E-state index in [0.717, 1.165) is 6.42 Å². The molecule has 1 aliphatic rings. The van der Waals surface area contributed by atoms with Crippen molar-refractivity contribution in [3.63, 3.8) is 0 Å². The second-order valence-corrected chi connectivity index (χ2v) is 6.71. The van der Waals surface area contributed by atoms with Crippen LogP contribution in [0.1, 0.15) is 10.4 Å². The molecule has 0 aliphatic carbocycles. The van der Waals surface area contributed by atoms with Crippen molar-refractivity contribution < 1.29 is 13.9 Å². The maximum absolute atomic E-state index is 13.6. The van der Waals surface area contributed by atoms with Gasteiger partial charge in [0, 0.05) is 22.4 Å². The van der Waals surface area contributed by atoms with Gasteiger partial charge in [-0.3, -0.25) is 4.79 Å². The van der Waals surface area contributed by atoms with E-state index < -0.39 is 5.82 Å². The van der Waals surface area contributed by atoms with Gasteiger partial charge in [-0.15, -0.1) is 11.3 Å². The van der Waals surface area contributed by atoms with E-state index in [1.54, 1.807) is 22.3 Å². The second kappa shape index (κ2) is 6.15. The van der Waals surface area contributed by atoms with Gasteiger partial charge in [-0.25, -0.2) is 4.39 Å². The molecule has 1 aromatic carbocycles. The van der Waals surface area contributed by atoms with Crippen LogP contribution < -0.4 is 4.74 Å². The van der Waals surface area contributed by atoms with E-state index in [1.165, 1.54) is 22.6 Å². The van der Waals surface area contributed by atoms with Crippen LogP contribution in [0.5, 0.6) is 5.75 Å². The highest BCUT2D eigenvalue weighted by molar-refractivity contribution is 9.10. The zero-order valence-electron chi connectivity index (χ0n) is 11.1. The topological polar surface area (TPSA) is 29.5 Å². The minimum absolute atomic E-state index is 0.0970. The van der Waals surface area contributed by atoms with Crippen LogP contribution in [0, 0.1) is 5.82 Å². The number of rotatable bonds is 3. The van der Waals surface area contributed by atoms with Crippen molar-refractivity contribution in [3.8, 4) is 5.75 Å². The number of nitrogens with zero attached hydrogens (tertiary/aromatic N) is 1. The smallest absolute Gasteiger partial charge is 0.260 e. The zero-order chi connectivity index (χ0) is 14.8. The van der Waals surface area contributed by atoms with Gasteiger partial charge in [0.15, 0.2) is 18.2 Å². The Bertz CT molecular complexity index is 673. The van der Waals surface area contributed by atoms with Crippen LogP contribution in [0.2, 0.25) is 0 Å². The van der Waals surface area contributed by atoms with Crippen LogP contribution in [-0.2, 0) is 17.8 Å². The monoisotopic (exact) mass is 369 g/mol. The van der Waals surface area contributed by atoms with Gasteiger partial charge in [0.2, 0.25) is 0 Å². The van der Waals surface area contributed by atoms with Gasteiger partial charge in [0.05, 0.1) is 0 Å². The second-order valence-electron chi connectivity index (χ2n) is 4.80. The van der Waals surface area contributed by atoms with E-state index in [0.29, 0.717) is 17.6 Å². The molecule has 1 aromatic heterocycles. The number of carbonyl (C=O) groups is 1. The number of hydrogen-bond acceptors (Lipinski definition) is 3. The molecule has 1 aliphatic heterocycles. The first-order valence-corrected chi connectivity index (χ1v) is 8.21. The van der Waals surface area contributed by atoms with E-state index in [2.05, 4.69) is 22.0 Å². The highest BCUT2D eigenvalue weighted by Gasteiger charge is 2.21. The molecule has 6 heteroatoms. The minimum atomic E-state index is -0.476. The number of thiophene rings is 1. The fourth-order valence-electron chi connectivity index (χ4n) is 2.28. The number of benzene rings is 1. The van der Waals surface area contributed by atoms with Crippen LogP contribution in [-0.4, -0.2) is 24.0 Å². The van der Waals surface area contributed by atoms with E-state index in [4.69, 9.17) is 4.74 Å². The zero-order valence-corrected chi connectivity index (χ0v) is 13.5. The molecule has 0 atom stereocenters. The predicted octanol–water partition coefficient (Wildman–Crippen LogP) is 3.61. The largest absolute Gasteiger partial charge is 0.481 e. The van der Waals surface area contributed by atoms with Gasteiger partial charge in [-0.05, 0) is 41.6 Å². The molecule has 3 nitrogen and oxygen atoms in total. The number of fused-ring (bicyclic) bond motifs is 1. The fourth-order valence-corrected chi connectivity index (χ4v) is 3.51. The van der Waals surface area contributed by atoms with Crippen LogP contribution in [0.15, 0.2) is 34.1 Å². The summed E-state index contributed by atoms with van der Waals surface area (Å²) < 4.78 is 19.6. The van der Waals surface area contributed by atoms with Crippen LogP contribution in [0.25, 0.3) is 0 Å². The first-order valence-electron chi connectivity index (χ1n) is 6.54. The van der Waals surface area contributed by atoms with Crippen molar-refractivity contribution in [1.29, 1.82) is 0 Å². The number of carbonyl (C=O) groups excluding carboxylic acids is 1. The summed E-state index contributed by atoms with van der Waals surface area (Å²) in [6.45, 7) is 1.17. The number of ether oxygens (including phenoxy) is 1. The van der Waals surface area contributed by atoms with E-state index >= 15 is 0 Å². The highest BCUT2D eigenvalue weighted by Crippen LogP contribution is 2.25. The number of halogens is 2. The van der Waals surface area contributed by atoms with E-state index in [9.17, 15) is 9.18 Å². The fraction of sp³-hybridized carbons (Fsp3) is 0.267. The summed E-state index contributed by atoms with van der Waals surface area (Å²) in [7, 11) is 0. The van der Waals surface area contributed by atoms with Gasteiger partial charge in [0.1, 0.15) is 0 Å². The molecule has 110 valence electrons. The molecule has 0 radical (unpaired) electrons. The first kappa shape index (κ1) is 14.5. The average Bonchev–Trinajstić information content (AvgIpc) is 2.93. The summed E-state index contributed by atoms with van der Waals surface area (Å²) in [5.74, 6) is -0.495. The van der Waals surface area contributed by atoms with Crippen molar-refractivity contribution in [3.05, 3.63) is 50.4 Å². The lowest BCUT2D eigenvalue weighted by molar-refractivity contribution is -0.134. The Morgan fingerprint density at radius 3 is 3.10 bits per heavy atom. The minimum Gasteiger partial charge on any atom is -0.481 e. The van der Waals surface area contributed by atoms with Crippen molar-refractivity contribution in [2.24, 2.45) is 0 Å². The molecular formula is C15H13BrFNO2S. The molecule has 2 aromatic rings. The lowest BCUT2D eigenvalue weighted by atomic mass is 10.1. The predicted molar refractivity (Wildman–Crippen MR) is 83.0 cm³/mol. The SMILES string of the molecule is O=C(COc1ccc(Br)cc1F)N1CCc2sccc2C1. The Balaban J connectivity index is 1.60. The van der Waals surface area contributed by atoms with E-state index in [-0.39, 0.29) is 18.3 Å². The highest BCUT2D eigenvalue weighted by atomic mass is 79.9. The lowest BCUT2D eigenvalue weighted by Crippen LogP contribution is -2.38. The van der Waals surface area contributed by atoms with Crippen molar-refractivity contribution >= 4 is 33.2 Å². The molecule has 21 heavy (non-hydrogen) atoms. The molecule has 0 bridgehead atoms. The normalized spacial score (nSPS) is 13.9. The maximum atomic E-state index is 13.6. The number of hydrogen-bond donors (Lipinski definition) is 0. The third kappa shape index (κ3) is 3.27. The molecular weight excluding hydrogens is 357 g/mol. The molecule has 2 heterocycles. The Morgan fingerprint density at radius 1 is 1.43 bits per heavy atom. The number of amides is 1. The Morgan fingerprint density at radius 2 is 2.29 bits per heavy atom. The Hall–Kier alpha value is -1.40. The molecule has 0 saturated heterocycles. The summed E-state index contributed by atoms with van der Waals surface area (Å²) in [5, 5.41) is 2.05. The van der Waals surface area contributed by atoms with Crippen LogP contribution in [0.3, 0.4) is 0 Å². The average molecular weight is 370 g/mol. The van der Waals surface area contributed by atoms with Crippen LogP contribution in [0.4, 0.5) is 4.39 Å². The molecule has 0 fully saturated rings. The molecule has 0 N–H and O–H groups in total. The van der Waals surface area contributed by atoms with Crippen LogP contribution >= 0.6 is 27.3 Å². The van der Waals surface area contributed by atoms with Crippen molar-refractivity contribution in [1.82, 2.24) is 4.90 Å². The van der Waals surface area contributed by atoms with E-state index in [1.807, 2.05) is 5.38 Å². The Labute approximate surface area is 134 Å². The molecule has 3 rings (SSSR count). The standard InChI is InChI=1S/C15H13BrFNO2S/c16-11-1-2-13(12(17)7-11)20-9-15(19)18-5-3-14-10(8-18)4-6-21-14/h1-2,4,6-7H,3,5,8-9H2. The van der Waals surface area contributed by atoms with Gasteiger partial charge in [-0.1, -0.05) is 15.9 Å². The summed E-state index contributed by atoms with van der Waals surface area (Å²) in [4.78, 5) is 15.3. The molecule has 0 spiro atoms. The third-order valence-electron chi connectivity index (χ3n) is 3.41. The summed E-state index contributed by atoms with van der Waals surface area (Å²) in [6, 6.07) is 6.56. The summed E-state index contributed by atoms with van der Waals surface area (Å²) in [6.07, 6.45) is 0.880. The van der Waals surface area contributed by atoms with Crippen molar-refractivity contribution in [2.75, 3.05) is 13.2 Å². The molecule has 1 amide bonds. The van der Waals surface area contributed by atoms with Gasteiger partial charge < -0.3 is 9.64 Å². The van der Waals surface area contributed by atoms with Gasteiger partial charge in [0.25, 0.3) is 5.91 Å². The lowest BCUT2D eigenvalue weighted by Gasteiger charge is -2.27. The first-order chi connectivity index (χ1) is 10.1. The maximum Gasteiger partial charge on any atom is 0.260 e. The van der Waals surface area contributed by atoms with Crippen molar-refractivity contribution in [2.45, 2.75) is 13.0 Å². The third-order valence-corrected chi connectivity index (χ3v) is 4.92. The van der Waals surface area contributed by atoms with Gasteiger partial charge >= 0.3 is 0 Å². The molecule has 0 unspecified atom stereocenters. The summed E-state index contributed by atoms with van der Waals surface area (Å²) in [5.41, 5.74) is 1.20.